The molecule has 1 nitrogen and oxygen atoms in total. The predicted octanol–water partition coefficient (Wildman–Crippen LogP) is 1.71. The Labute approximate surface area is 112 Å². The molecule has 2 aliphatic rings. The highest BCUT2D eigenvalue weighted by atomic mass is 14.6. The monoisotopic (exact) mass is 247 g/mol. The summed E-state index contributed by atoms with van der Waals surface area (Å²) in [5.74, 6) is 0. The molecule has 2 aromatic rings. The van der Waals surface area contributed by atoms with Crippen LogP contribution in [0.15, 0.2) is 36.4 Å². The van der Waals surface area contributed by atoms with Crippen molar-refractivity contribution in [3.8, 4) is 0 Å². The van der Waals surface area contributed by atoms with Crippen molar-refractivity contribution in [1.29, 1.82) is 0 Å². The van der Waals surface area contributed by atoms with E-state index in [9.17, 15) is 0 Å². The molecular weight excluding hydrogens is 230 g/mol. The highest BCUT2D eigenvalue weighted by Gasteiger charge is 2.13. The summed E-state index contributed by atoms with van der Waals surface area (Å²) in [6.45, 7) is 0. The number of fused-ring (bicyclic) bond motifs is 4. The molecule has 0 heterocycles. The highest BCUT2D eigenvalue weighted by Crippen LogP contribution is 2.18. The number of nitrogens with two attached hydrogens (primary N) is 1. The van der Waals surface area contributed by atoms with Gasteiger partial charge in [-0.15, -0.1) is 0 Å². The molecule has 0 radical (unpaired) electrons. The van der Waals surface area contributed by atoms with Gasteiger partial charge in [-0.3, -0.25) is 0 Å². The van der Waals surface area contributed by atoms with Crippen LogP contribution in [0.5, 0.6) is 0 Å². The van der Waals surface area contributed by atoms with Gasteiger partial charge in [0.25, 0.3) is 0 Å². The van der Waals surface area contributed by atoms with Crippen molar-refractivity contribution in [2.75, 3.05) is 0 Å². The summed E-state index contributed by atoms with van der Waals surface area (Å²) in [7, 11) is 0. The van der Waals surface area contributed by atoms with Gasteiger partial charge in [0, 0.05) is 5.70 Å². The van der Waals surface area contributed by atoms with E-state index >= 15 is 0 Å². The Kier molecular flexibility index (Phi) is 2.28. The standard InChI is InChI=1S/C18H17N/c19-18-7-3-6-14-16-9-8-12-4-1-2-5-13(12)15(16)10-11-17(14)18/h1-2,4-5,8,10-11H,3,6-7,9,19H2. The zero-order valence-electron chi connectivity index (χ0n) is 10.9. The van der Waals surface area contributed by atoms with E-state index < -0.39 is 0 Å². The van der Waals surface area contributed by atoms with Crippen LogP contribution in [-0.2, 0) is 12.8 Å². The molecule has 0 saturated carbocycles. The third-order valence-corrected chi connectivity index (χ3v) is 4.43. The Morgan fingerprint density at radius 2 is 1.63 bits per heavy atom. The first kappa shape index (κ1) is 10.9. The van der Waals surface area contributed by atoms with Crippen molar-refractivity contribution in [3.05, 3.63) is 68.4 Å². The molecule has 0 saturated heterocycles. The Morgan fingerprint density at radius 1 is 0.789 bits per heavy atom. The lowest BCUT2D eigenvalue weighted by molar-refractivity contribution is 0.801. The van der Waals surface area contributed by atoms with E-state index in [-0.39, 0.29) is 0 Å². The van der Waals surface area contributed by atoms with Gasteiger partial charge in [0.15, 0.2) is 0 Å². The Morgan fingerprint density at radius 3 is 2.58 bits per heavy atom. The minimum absolute atomic E-state index is 1.04. The lowest BCUT2D eigenvalue weighted by Crippen LogP contribution is -2.25. The molecule has 0 amide bonds. The van der Waals surface area contributed by atoms with Crippen molar-refractivity contribution < 1.29 is 0 Å². The molecule has 0 unspecified atom stereocenters. The summed E-state index contributed by atoms with van der Waals surface area (Å²) in [6.07, 6.45) is 6.81. The van der Waals surface area contributed by atoms with E-state index in [1.807, 2.05) is 0 Å². The van der Waals surface area contributed by atoms with Crippen LogP contribution in [0.25, 0.3) is 11.8 Å². The highest BCUT2D eigenvalue weighted by molar-refractivity contribution is 5.51. The fourth-order valence-electron chi connectivity index (χ4n) is 3.49. The first-order valence-electron chi connectivity index (χ1n) is 7.03. The van der Waals surface area contributed by atoms with Gasteiger partial charge in [-0.2, -0.15) is 0 Å². The van der Waals surface area contributed by atoms with Crippen LogP contribution in [0, 0.1) is 10.4 Å². The molecule has 0 spiro atoms. The van der Waals surface area contributed by atoms with Gasteiger partial charge in [0.05, 0.1) is 0 Å². The quantitative estimate of drug-likeness (QED) is 0.753. The van der Waals surface area contributed by atoms with Crippen LogP contribution < -0.4 is 16.2 Å². The first-order valence-corrected chi connectivity index (χ1v) is 7.03. The molecule has 2 aromatic carbocycles. The van der Waals surface area contributed by atoms with Crippen LogP contribution in [0.2, 0.25) is 0 Å². The molecular formula is C18H17N. The number of hydrogen-bond acceptors (Lipinski definition) is 1. The molecule has 0 fully saturated rings. The van der Waals surface area contributed by atoms with Crippen LogP contribution in [0.4, 0.5) is 0 Å². The van der Waals surface area contributed by atoms with E-state index in [1.165, 1.54) is 44.8 Å². The zero-order valence-corrected chi connectivity index (χ0v) is 10.9. The second-order valence-electron chi connectivity index (χ2n) is 5.49. The second kappa shape index (κ2) is 3.99. The average molecular weight is 247 g/mol. The minimum Gasteiger partial charge on any atom is -0.402 e. The van der Waals surface area contributed by atoms with E-state index in [0.717, 1.165) is 18.5 Å². The van der Waals surface area contributed by atoms with Gasteiger partial charge >= 0.3 is 0 Å². The van der Waals surface area contributed by atoms with Crippen molar-refractivity contribution in [2.24, 2.45) is 5.73 Å². The SMILES string of the molecule is NC1=c2ccc3c(c2CCC1)CC=c1ccccc1=3. The molecule has 2 N–H and O–H groups in total. The topological polar surface area (TPSA) is 26.0 Å². The lowest BCUT2D eigenvalue weighted by Gasteiger charge is -2.18. The first-order chi connectivity index (χ1) is 9.34. The maximum Gasteiger partial charge on any atom is 0.0157 e. The maximum absolute atomic E-state index is 6.18. The third kappa shape index (κ3) is 1.54. The fraction of sp³-hybridized carbons (Fsp3) is 0.222. The molecule has 0 aromatic heterocycles. The Hall–Kier alpha value is -2.02. The fourth-order valence-corrected chi connectivity index (χ4v) is 3.49. The molecule has 1 heteroatoms. The van der Waals surface area contributed by atoms with E-state index in [1.54, 1.807) is 0 Å². The predicted molar refractivity (Wildman–Crippen MR) is 78.5 cm³/mol. The summed E-state index contributed by atoms with van der Waals surface area (Å²) < 4.78 is 0. The summed E-state index contributed by atoms with van der Waals surface area (Å²) in [6, 6.07) is 13.2. The van der Waals surface area contributed by atoms with Gasteiger partial charge in [0.2, 0.25) is 0 Å². The van der Waals surface area contributed by atoms with E-state index in [0.29, 0.717) is 0 Å². The van der Waals surface area contributed by atoms with Gasteiger partial charge < -0.3 is 5.73 Å². The van der Waals surface area contributed by atoms with E-state index in [2.05, 4.69) is 42.5 Å². The van der Waals surface area contributed by atoms with Gasteiger partial charge in [0.1, 0.15) is 0 Å². The van der Waals surface area contributed by atoms with Gasteiger partial charge in [-0.25, -0.2) is 0 Å². The molecule has 2 aliphatic carbocycles. The Bertz CT molecular complexity index is 875. The van der Waals surface area contributed by atoms with E-state index in [4.69, 9.17) is 5.73 Å². The molecule has 0 atom stereocenters. The Balaban J connectivity index is 2.24. The lowest BCUT2D eigenvalue weighted by atomic mass is 9.88. The average Bonchev–Trinajstić information content (AvgIpc) is 2.47. The van der Waals surface area contributed by atoms with Crippen LogP contribution in [-0.4, -0.2) is 0 Å². The van der Waals surface area contributed by atoms with Crippen molar-refractivity contribution in [1.82, 2.24) is 0 Å². The van der Waals surface area contributed by atoms with Gasteiger partial charge in [-0.1, -0.05) is 42.5 Å². The molecule has 4 rings (SSSR count). The van der Waals surface area contributed by atoms with Crippen LogP contribution in [0.1, 0.15) is 24.0 Å². The van der Waals surface area contributed by atoms with Gasteiger partial charge in [-0.05, 0) is 57.7 Å². The number of rotatable bonds is 0. The summed E-state index contributed by atoms with van der Waals surface area (Å²) in [5, 5.41) is 5.45. The number of benzene rings is 2. The summed E-state index contributed by atoms with van der Waals surface area (Å²) >= 11 is 0. The van der Waals surface area contributed by atoms with Crippen molar-refractivity contribution in [2.45, 2.75) is 25.7 Å². The normalized spacial score (nSPS) is 16.1. The van der Waals surface area contributed by atoms with Crippen molar-refractivity contribution >= 4 is 11.8 Å². The summed E-state index contributed by atoms with van der Waals surface area (Å²) in [5.41, 5.74) is 10.2. The van der Waals surface area contributed by atoms with Crippen LogP contribution >= 0.6 is 0 Å². The summed E-state index contributed by atoms with van der Waals surface area (Å²) in [4.78, 5) is 0. The van der Waals surface area contributed by atoms with Crippen LogP contribution in [0.3, 0.4) is 0 Å². The van der Waals surface area contributed by atoms with Crippen molar-refractivity contribution in [3.63, 3.8) is 0 Å². The molecule has 0 bridgehead atoms. The molecule has 94 valence electrons. The maximum atomic E-state index is 6.18. The smallest absolute Gasteiger partial charge is 0.0157 e. The molecule has 19 heavy (non-hydrogen) atoms. The zero-order chi connectivity index (χ0) is 12.8. The minimum atomic E-state index is 1.04. The number of hydrogen-bond donors (Lipinski definition) is 1. The largest absolute Gasteiger partial charge is 0.402 e. The molecule has 0 aliphatic heterocycles. The second-order valence-corrected chi connectivity index (χ2v) is 5.49. The third-order valence-electron chi connectivity index (χ3n) is 4.43.